The van der Waals surface area contributed by atoms with E-state index in [0.717, 1.165) is 0 Å². The number of rotatable bonds is 4. The van der Waals surface area contributed by atoms with Gasteiger partial charge in [0.15, 0.2) is 4.86 Å². The minimum atomic E-state index is -2.88. The molecule has 0 aliphatic carbocycles. The van der Waals surface area contributed by atoms with Gasteiger partial charge in [-0.15, -0.1) is 0 Å². The summed E-state index contributed by atoms with van der Waals surface area (Å²) in [6.45, 7) is 1.23. The minimum absolute atomic E-state index is 0.518. The molecular weight excluding hydrogens is 200 g/mol. The molecule has 0 aromatic carbocycles. The summed E-state index contributed by atoms with van der Waals surface area (Å²) in [5, 5.41) is 16.7. The van der Waals surface area contributed by atoms with Crippen LogP contribution in [0.3, 0.4) is 0 Å². The van der Waals surface area contributed by atoms with E-state index in [1.807, 2.05) is 0 Å². The van der Waals surface area contributed by atoms with Crippen molar-refractivity contribution in [1.29, 1.82) is 0 Å². The molecule has 0 aliphatic heterocycles. The molecule has 0 fully saturated rings. The van der Waals surface area contributed by atoms with Crippen LogP contribution in [-0.4, -0.2) is 35.4 Å². The van der Waals surface area contributed by atoms with E-state index in [0.29, 0.717) is 0 Å². The third-order valence-corrected chi connectivity index (χ3v) is 2.25. The summed E-state index contributed by atoms with van der Waals surface area (Å²) in [7, 11) is -2.88. The van der Waals surface area contributed by atoms with Crippen molar-refractivity contribution in [2.45, 2.75) is 13.3 Å². The maximum Gasteiger partial charge on any atom is 0.347 e. The molecule has 0 heterocycles. The zero-order chi connectivity index (χ0) is 10.6. The first-order valence-electron chi connectivity index (χ1n) is 3.27. The lowest BCUT2D eigenvalue weighted by Crippen LogP contribution is -2.24. The largest absolute Gasteiger partial charge is 0.481 e. The number of aliphatic carboxylic acids is 2. The van der Waals surface area contributed by atoms with E-state index in [4.69, 9.17) is 10.2 Å². The van der Waals surface area contributed by atoms with Gasteiger partial charge in [-0.25, -0.2) is 4.79 Å². The normalized spacial score (nSPS) is 11.8. The van der Waals surface area contributed by atoms with Crippen LogP contribution in [0.25, 0.3) is 0 Å². The summed E-state index contributed by atoms with van der Waals surface area (Å²) in [6, 6.07) is 0. The fraction of sp³-hybridized carbons (Fsp3) is 0.500. The average molecular weight is 208 g/mol. The van der Waals surface area contributed by atoms with Crippen molar-refractivity contribution in [1.82, 2.24) is 0 Å². The Morgan fingerprint density at radius 2 is 1.77 bits per heavy atom. The van der Waals surface area contributed by atoms with Crippen LogP contribution in [0, 0.1) is 5.92 Å². The summed E-state index contributed by atoms with van der Waals surface area (Å²) >= 11 is 0. The second-order valence-corrected chi connectivity index (χ2v) is 3.31. The SMILES string of the molecule is CC(CC(=O)O)C(C(=O)O)=S(=O)=O. The summed E-state index contributed by atoms with van der Waals surface area (Å²) in [5.74, 6) is -3.87. The number of hydrogen-bond donors (Lipinski definition) is 2. The third-order valence-electron chi connectivity index (χ3n) is 1.32. The number of hydrogen-bond acceptors (Lipinski definition) is 4. The van der Waals surface area contributed by atoms with Crippen molar-refractivity contribution in [3.05, 3.63) is 0 Å². The average Bonchev–Trinajstić information content (AvgIpc) is 1.81. The van der Waals surface area contributed by atoms with Crippen molar-refractivity contribution in [3.8, 4) is 0 Å². The first-order chi connectivity index (χ1) is 5.86. The highest BCUT2D eigenvalue weighted by Crippen LogP contribution is 2.04. The van der Waals surface area contributed by atoms with Crippen LogP contribution in [0.15, 0.2) is 0 Å². The lowest BCUT2D eigenvalue weighted by Gasteiger charge is -2.03. The van der Waals surface area contributed by atoms with Crippen molar-refractivity contribution in [2.75, 3.05) is 0 Å². The van der Waals surface area contributed by atoms with E-state index in [1.54, 1.807) is 0 Å². The summed E-state index contributed by atoms with van der Waals surface area (Å²) in [4.78, 5) is 19.7. The second-order valence-electron chi connectivity index (χ2n) is 2.40. The fourth-order valence-corrected chi connectivity index (χ4v) is 1.36. The van der Waals surface area contributed by atoms with Gasteiger partial charge in [-0.1, -0.05) is 6.92 Å². The molecule has 74 valence electrons. The van der Waals surface area contributed by atoms with Gasteiger partial charge in [-0.3, -0.25) is 4.79 Å². The zero-order valence-electron chi connectivity index (χ0n) is 6.72. The van der Waals surface area contributed by atoms with Crippen LogP contribution in [0.1, 0.15) is 13.3 Å². The van der Waals surface area contributed by atoms with Gasteiger partial charge in [0, 0.05) is 5.92 Å². The Kier molecular flexibility index (Phi) is 4.12. The van der Waals surface area contributed by atoms with Gasteiger partial charge in [0.25, 0.3) is 0 Å². The van der Waals surface area contributed by atoms with Gasteiger partial charge in [0.05, 0.1) is 6.42 Å². The first-order valence-corrected chi connectivity index (χ1v) is 4.35. The van der Waals surface area contributed by atoms with Gasteiger partial charge in [-0.05, 0) is 0 Å². The molecule has 13 heavy (non-hydrogen) atoms. The monoisotopic (exact) mass is 208 g/mol. The number of carboxylic acids is 2. The molecule has 0 radical (unpaired) electrons. The zero-order valence-corrected chi connectivity index (χ0v) is 7.54. The summed E-state index contributed by atoms with van der Waals surface area (Å²) in [6.07, 6.45) is -0.518. The highest BCUT2D eigenvalue weighted by atomic mass is 32.2. The molecule has 6 nitrogen and oxygen atoms in total. The van der Waals surface area contributed by atoms with Gasteiger partial charge < -0.3 is 10.2 Å². The van der Waals surface area contributed by atoms with Crippen molar-refractivity contribution < 1.29 is 28.2 Å². The molecular formula is C6H8O6S. The van der Waals surface area contributed by atoms with Crippen molar-refractivity contribution in [2.24, 2.45) is 5.92 Å². The molecule has 0 aromatic rings. The van der Waals surface area contributed by atoms with Gasteiger partial charge >= 0.3 is 11.9 Å². The van der Waals surface area contributed by atoms with Crippen LogP contribution in [0.2, 0.25) is 0 Å². The Hall–Kier alpha value is -1.37. The van der Waals surface area contributed by atoms with Crippen LogP contribution in [0.5, 0.6) is 0 Å². The maximum absolute atomic E-state index is 10.4. The molecule has 0 aliphatic rings. The van der Waals surface area contributed by atoms with Crippen molar-refractivity contribution in [3.63, 3.8) is 0 Å². The minimum Gasteiger partial charge on any atom is -0.481 e. The molecule has 0 aromatic heterocycles. The molecule has 0 saturated heterocycles. The molecule has 1 atom stereocenters. The van der Waals surface area contributed by atoms with Crippen LogP contribution in [-0.2, 0) is 19.9 Å². The third kappa shape index (κ3) is 3.70. The van der Waals surface area contributed by atoms with Crippen LogP contribution >= 0.6 is 0 Å². The predicted molar refractivity (Wildman–Crippen MR) is 43.0 cm³/mol. The first kappa shape index (κ1) is 11.6. The predicted octanol–water partition coefficient (Wildman–Crippen LogP) is -0.767. The number of carboxylic acid groups (broad SMARTS) is 2. The Balaban J connectivity index is 4.92. The Morgan fingerprint density at radius 1 is 1.31 bits per heavy atom. The van der Waals surface area contributed by atoms with E-state index < -0.39 is 39.4 Å². The quantitative estimate of drug-likeness (QED) is 0.587. The van der Waals surface area contributed by atoms with Crippen LogP contribution < -0.4 is 0 Å². The molecule has 2 N–H and O–H groups in total. The van der Waals surface area contributed by atoms with Gasteiger partial charge in [-0.2, -0.15) is 8.42 Å². The smallest absolute Gasteiger partial charge is 0.347 e. The van der Waals surface area contributed by atoms with E-state index >= 15 is 0 Å². The molecule has 0 spiro atoms. The van der Waals surface area contributed by atoms with Gasteiger partial charge in [0.1, 0.15) is 0 Å². The van der Waals surface area contributed by atoms with Gasteiger partial charge in [0.2, 0.25) is 10.3 Å². The molecule has 1 unspecified atom stereocenters. The van der Waals surface area contributed by atoms with E-state index in [2.05, 4.69) is 0 Å². The molecule has 0 rings (SSSR count). The summed E-state index contributed by atoms with van der Waals surface area (Å²) in [5.41, 5.74) is 0. The highest BCUT2D eigenvalue weighted by molar-refractivity contribution is 7.74. The summed E-state index contributed by atoms with van der Waals surface area (Å²) < 4.78 is 20.7. The van der Waals surface area contributed by atoms with E-state index in [1.165, 1.54) is 6.92 Å². The molecule has 0 amide bonds. The Morgan fingerprint density at radius 3 is 2.00 bits per heavy atom. The molecule has 0 bridgehead atoms. The lowest BCUT2D eigenvalue weighted by atomic mass is 10.0. The van der Waals surface area contributed by atoms with Crippen molar-refractivity contribution >= 4 is 27.1 Å². The Labute approximate surface area is 75.3 Å². The van der Waals surface area contributed by atoms with Crippen LogP contribution in [0.4, 0.5) is 0 Å². The maximum atomic E-state index is 10.4. The highest BCUT2D eigenvalue weighted by Gasteiger charge is 2.22. The van der Waals surface area contributed by atoms with E-state index in [9.17, 15) is 18.0 Å². The number of carbonyl (C=O) groups is 2. The molecule has 0 saturated carbocycles. The standard InChI is InChI=1S/C6H8O6S/c1-3(2-4(7)8)5(6(9)10)13(11)12/h3H,2H2,1H3,(H,7,8)(H,9,10). The molecule has 7 heteroatoms. The second kappa shape index (κ2) is 4.61. The lowest BCUT2D eigenvalue weighted by molar-refractivity contribution is -0.137. The fourth-order valence-electron chi connectivity index (χ4n) is 0.801. The Bertz CT molecular complexity index is 343. The topological polar surface area (TPSA) is 109 Å². The van der Waals surface area contributed by atoms with E-state index in [-0.39, 0.29) is 0 Å².